The molecule has 32 heavy (non-hydrogen) atoms. The number of rotatable bonds is 8. The molecule has 1 aliphatic heterocycles. The van der Waals surface area contributed by atoms with Gasteiger partial charge in [-0.1, -0.05) is 25.6 Å². The normalized spacial score (nSPS) is 17.6. The molecule has 170 valence electrons. The number of thioether (sulfide) groups is 1. The third kappa shape index (κ3) is 5.93. The van der Waals surface area contributed by atoms with Crippen LogP contribution < -0.4 is 16.4 Å². The van der Waals surface area contributed by atoms with Crippen LogP contribution in [0.3, 0.4) is 0 Å². The van der Waals surface area contributed by atoms with Gasteiger partial charge in [0.15, 0.2) is 0 Å². The van der Waals surface area contributed by atoms with Gasteiger partial charge in [-0.15, -0.1) is 11.8 Å². The zero-order valence-corrected chi connectivity index (χ0v) is 20.2. The number of urea groups is 1. The van der Waals surface area contributed by atoms with Crippen LogP contribution in [0.25, 0.3) is 5.70 Å². The summed E-state index contributed by atoms with van der Waals surface area (Å²) in [6, 6.07) is 9.75. The van der Waals surface area contributed by atoms with Gasteiger partial charge in [-0.05, 0) is 67.5 Å². The first-order valence-corrected chi connectivity index (χ1v) is 11.9. The van der Waals surface area contributed by atoms with Gasteiger partial charge in [0.2, 0.25) is 0 Å². The number of benzene rings is 1. The quantitative estimate of drug-likeness (QED) is 0.526. The highest BCUT2D eigenvalue weighted by atomic mass is 32.2. The number of amides is 2. The predicted molar refractivity (Wildman–Crippen MR) is 135 cm³/mol. The van der Waals surface area contributed by atoms with Crippen LogP contribution in [0.5, 0.6) is 0 Å². The second-order valence-electron chi connectivity index (χ2n) is 8.57. The second-order valence-corrected chi connectivity index (χ2v) is 9.42. The first kappa shape index (κ1) is 23.9. The lowest BCUT2D eigenvalue weighted by Gasteiger charge is -2.24. The molecule has 1 atom stereocenters. The number of nitrogens with two attached hydrogens (primary N) is 1. The van der Waals surface area contributed by atoms with Crippen molar-refractivity contribution in [3.63, 3.8) is 0 Å². The SMILES string of the molecule is C=C(NC1=CSCC1(C)N)c1ccc(CN(CCC)C(=O)Nc2ccc(C)c(C)c2)cn1. The fourth-order valence-electron chi connectivity index (χ4n) is 3.37. The summed E-state index contributed by atoms with van der Waals surface area (Å²) in [6.07, 6.45) is 2.67. The number of nitrogens with one attached hydrogen (secondary N) is 2. The Labute approximate surface area is 195 Å². The summed E-state index contributed by atoms with van der Waals surface area (Å²) in [6.45, 7) is 13.4. The fourth-order valence-corrected chi connectivity index (χ4v) is 4.45. The molecule has 1 aromatic carbocycles. The molecule has 1 aromatic heterocycles. The number of anilines is 1. The number of carbonyl (C=O) groups excluding carboxylic acids is 1. The van der Waals surface area contributed by atoms with Gasteiger partial charge in [-0.3, -0.25) is 4.98 Å². The van der Waals surface area contributed by atoms with E-state index in [4.69, 9.17) is 5.73 Å². The minimum absolute atomic E-state index is 0.113. The van der Waals surface area contributed by atoms with Gasteiger partial charge in [-0.25, -0.2) is 4.79 Å². The van der Waals surface area contributed by atoms with Gasteiger partial charge in [0.25, 0.3) is 0 Å². The lowest BCUT2D eigenvalue weighted by molar-refractivity contribution is 0.209. The summed E-state index contributed by atoms with van der Waals surface area (Å²) in [5.41, 5.74) is 12.4. The van der Waals surface area contributed by atoms with E-state index in [1.165, 1.54) is 5.56 Å². The van der Waals surface area contributed by atoms with E-state index in [0.29, 0.717) is 18.8 Å². The van der Waals surface area contributed by atoms with Crippen molar-refractivity contribution in [1.82, 2.24) is 15.2 Å². The third-order valence-electron chi connectivity index (χ3n) is 5.53. The molecule has 0 bridgehead atoms. The average Bonchev–Trinajstić information content (AvgIpc) is 3.08. The van der Waals surface area contributed by atoms with Crippen molar-refractivity contribution in [2.75, 3.05) is 17.6 Å². The van der Waals surface area contributed by atoms with E-state index in [1.807, 2.05) is 49.6 Å². The maximum Gasteiger partial charge on any atom is 0.322 e. The van der Waals surface area contributed by atoms with Crippen molar-refractivity contribution in [2.24, 2.45) is 5.73 Å². The van der Waals surface area contributed by atoms with Crippen LogP contribution >= 0.6 is 11.8 Å². The second kappa shape index (κ2) is 10.2. The van der Waals surface area contributed by atoms with E-state index in [2.05, 4.69) is 36.0 Å². The number of nitrogens with zero attached hydrogens (tertiary/aromatic N) is 2. The predicted octanol–water partition coefficient (Wildman–Crippen LogP) is 5.01. The molecule has 2 heterocycles. The Morgan fingerprint density at radius 2 is 2.03 bits per heavy atom. The van der Waals surface area contributed by atoms with Crippen molar-refractivity contribution >= 4 is 29.2 Å². The standard InChI is InChI=1S/C25H33N5OS/c1-6-11-30(24(31)29-21-9-7-17(2)18(3)12-21)14-20-8-10-22(27-13-20)19(4)28-23-15-32-16-25(23,5)26/h7-10,12-13,15,28H,4,6,11,14,16,26H2,1-3,5H3,(H,29,31). The smallest absolute Gasteiger partial charge is 0.322 e. The number of pyridine rings is 1. The van der Waals surface area contributed by atoms with Gasteiger partial charge in [0, 0.05) is 36.4 Å². The first-order valence-electron chi connectivity index (χ1n) is 10.8. The number of carbonyl (C=O) groups is 1. The molecule has 0 saturated heterocycles. The van der Waals surface area contributed by atoms with E-state index in [0.717, 1.165) is 40.4 Å². The van der Waals surface area contributed by atoms with Crippen molar-refractivity contribution < 1.29 is 4.79 Å². The molecule has 0 spiro atoms. The Balaban J connectivity index is 1.64. The average molecular weight is 452 g/mol. The lowest BCUT2D eigenvalue weighted by atomic mass is 10.0. The van der Waals surface area contributed by atoms with Crippen LogP contribution in [-0.4, -0.2) is 33.8 Å². The van der Waals surface area contributed by atoms with Gasteiger partial charge < -0.3 is 21.3 Å². The Morgan fingerprint density at radius 3 is 2.62 bits per heavy atom. The largest absolute Gasteiger partial charge is 0.356 e. The van der Waals surface area contributed by atoms with Crippen molar-refractivity contribution in [1.29, 1.82) is 0 Å². The maximum atomic E-state index is 12.9. The molecule has 0 radical (unpaired) electrons. The molecule has 2 amide bonds. The third-order valence-corrected chi connectivity index (χ3v) is 6.70. The molecule has 1 unspecified atom stereocenters. The highest BCUT2D eigenvalue weighted by molar-refractivity contribution is 8.02. The number of aromatic nitrogens is 1. The highest BCUT2D eigenvalue weighted by Crippen LogP contribution is 2.29. The maximum absolute atomic E-state index is 12.9. The molecule has 4 N–H and O–H groups in total. The molecular formula is C25H33N5OS. The van der Waals surface area contributed by atoms with Crippen molar-refractivity contribution in [3.05, 3.63) is 76.6 Å². The Kier molecular flexibility index (Phi) is 7.64. The molecule has 3 rings (SSSR count). The fraction of sp³-hybridized carbons (Fsp3) is 0.360. The van der Waals surface area contributed by atoms with Crippen LogP contribution in [0.1, 0.15) is 42.7 Å². The molecule has 0 aliphatic carbocycles. The van der Waals surface area contributed by atoms with E-state index >= 15 is 0 Å². The topological polar surface area (TPSA) is 83.3 Å². The Hall–Kier alpha value is -2.77. The molecular weight excluding hydrogens is 418 g/mol. The molecule has 6 nitrogen and oxygen atoms in total. The van der Waals surface area contributed by atoms with Crippen molar-refractivity contribution in [2.45, 2.75) is 46.2 Å². The molecule has 0 saturated carbocycles. The first-order chi connectivity index (χ1) is 15.2. The Bertz CT molecular complexity index is 1010. The zero-order chi connectivity index (χ0) is 23.3. The summed E-state index contributed by atoms with van der Waals surface area (Å²) in [5.74, 6) is 0.840. The summed E-state index contributed by atoms with van der Waals surface area (Å²) >= 11 is 1.69. The van der Waals surface area contributed by atoms with Crippen molar-refractivity contribution in [3.8, 4) is 0 Å². The highest BCUT2D eigenvalue weighted by Gasteiger charge is 2.29. The minimum atomic E-state index is -0.391. The van der Waals surface area contributed by atoms with E-state index in [1.54, 1.807) is 22.9 Å². The van der Waals surface area contributed by atoms with Gasteiger partial charge in [0.1, 0.15) is 0 Å². The van der Waals surface area contributed by atoms with Gasteiger partial charge in [0.05, 0.1) is 16.9 Å². The minimum Gasteiger partial charge on any atom is -0.356 e. The lowest BCUT2D eigenvalue weighted by Crippen LogP contribution is -2.43. The molecule has 7 heteroatoms. The van der Waals surface area contributed by atoms with Crippen LogP contribution in [0.15, 0.2) is 54.2 Å². The summed E-state index contributed by atoms with van der Waals surface area (Å²) in [7, 11) is 0. The molecule has 1 aliphatic rings. The zero-order valence-electron chi connectivity index (χ0n) is 19.4. The van der Waals surface area contributed by atoms with E-state index in [-0.39, 0.29) is 6.03 Å². The van der Waals surface area contributed by atoms with Crippen LogP contribution in [0.4, 0.5) is 10.5 Å². The number of hydrogen-bond donors (Lipinski definition) is 3. The van der Waals surface area contributed by atoms with E-state index in [9.17, 15) is 4.79 Å². The summed E-state index contributed by atoms with van der Waals surface area (Å²) in [4.78, 5) is 19.2. The van der Waals surface area contributed by atoms with Gasteiger partial charge in [-0.2, -0.15) is 0 Å². The Morgan fingerprint density at radius 1 is 1.25 bits per heavy atom. The molecule has 0 fully saturated rings. The van der Waals surface area contributed by atoms with Crippen LogP contribution in [0.2, 0.25) is 0 Å². The van der Waals surface area contributed by atoms with Gasteiger partial charge >= 0.3 is 6.03 Å². The number of hydrogen-bond acceptors (Lipinski definition) is 5. The number of aryl methyl sites for hydroxylation is 2. The molecule has 2 aromatic rings. The summed E-state index contributed by atoms with van der Waals surface area (Å²) < 4.78 is 0. The monoisotopic (exact) mass is 451 g/mol. The summed E-state index contributed by atoms with van der Waals surface area (Å²) in [5, 5.41) is 8.36. The van der Waals surface area contributed by atoms with Crippen LogP contribution in [-0.2, 0) is 6.54 Å². The van der Waals surface area contributed by atoms with E-state index < -0.39 is 5.54 Å². The van der Waals surface area contributed by atoms with Crippen LogP contribution in [0, 0.1) is 13.8 Å².